The number of benzene rings is 2. The molecule has 0 spiro atoms. The zero-order chi connectivity index (χ0) is 22.8. The summed E-state index contributed by atoms with van der Waals surface area (Å²) < 4.78 is 0. The normalized spacial score (nSPS) is 22.8. The van der Waals surface area contributed by atoms with Gasteiger partial charge in [0.2, 0.25) is 11.8 Å². The Bertz CT molecular complexity index is 1140. The second-order valence-corrected chi connectivity index (χ2v) is 8.71. The van der Waals surface area contributed by atoms with Gasteiger partial charge in [0.1, 0.15) is 5.82 Å². The Morgan fingerprint density at radius 2 is 1.73 bits per heavy atom. The Kier molecular flexibility index (Phi) is 5.90. The molecule has 2 aromatic carbocycles. The van der Waals surface area contributed by atoms with Crippen molar-refractivity contribution in [2.75, 3.05) is 23.4 Å². The van der Waals surface area contributed by atoms with Crippen LogP contribution in [0, 0.1) is 18.8 Å². The molecule has 7 heteroatoms. The number of nitrogens with zero attached hydrogens (tertiary/aromatic N) is 3. The second kappa shape index (κ2) is 9.13. The predicted molar refractivity (Wildman–Crippen MR) is 127 cm³/mol. The Morgan fingerprint density at radius 3 is 2.45 bits per heavy atom. The minimum absolute atomic E-state index is 0.00422. The topological polar surface area (TPSA) is 77.6 Å². The van der Waals surface area contributed by atoms with E-state index in [0.717, 1.165) is 16.9 Å². The van der Waals surface area contributed by atoms with Crippen molar-refractivity contribution in [2.24, 2.45) is 11.8 Å². The molecule has 0 radical (unpaired) electrons. The van der Waals surface area contributed by atoms with Crippen LogP contribution in [0.15, 0.2) is 78.9 Å². The number of piperidine rings is 1. The van der Waals surface area contributed by atoms with Gasteiger partial charge in [0.15, 0.2) is 0 Å². The molecule has 5 rings (SSSR count). The van der Waals surface area contributed by atoms with Gasteiger partial charge in [0.25, 0.3) is 0 Å². The average molecular weight is 442 g/mol. The molecule has 3 aromatic rings. The van der Waals surface area contributed by atoms with Gasteiger partial charge in [-0.05, 0) is 36.8 Å². The number of pyridine rings is 1. The molecule has 3 unspecified atom stereocenters. The summed E-state index contributed by atoms with van der Waals surface area (Å²) in [5.74, 6) is -0.330. The molecule has 0 bridgehead atoms. The van der Waals surface area contributed by atoms with Gasteiger partial charge in [-0.15, -0.1) is 0 Å². The Morgan fingerprint density at radius 1 is 1.00 bits per heavy atom. The van der Waals surface area contributed by atoms with Crippen LogP contribution in [0.1, 0.15) is 11.3 Å². The number of likely N-dealkylation sites (tertiary alicyclic amines) is 1. The van der Waals surface area contributed by atoms with E-state index in [9.17, 15) is 9.59 Å². The van der Waals surface area contributed by atoms with Crippen LogP contribution < -0.4 is 15.8 Å². The van der Waals surface area contributed by atoms with E-state index >= 15 is 0 Å². The molecule has 3 atom stereocenters. The molecule has 2 saturated heterocycles. The fourth-order valence-electron chi connectivity index (χ4n) is 4.76. The van der Waals surface area contributed by atoms with E-state index in [1.54, 1.807) is 11.1 Å². The summed E-state index contributed by atoms with van der Waals surface area (Å²) >= 11 is 0. The zero-order valence-corrected chi connectivity index (χ0v) is 18.5. The van der Waals surface area contributed by atoms with E-state index in [-0.39, 0.29) is 23.8 Å². The number of hydrazine groups is 1. The van der Waals surface area contributed by atoms with Gasteiger partial charge in [-0.25, -0.2) is 15.4 Å². The SMILES string of the molecule is Cc1cccc(NC(=O)C2CN(Cc3ccccc3)CC3C(=O)N(c4ccccc4)NC23)n1. The van der Waals surface area contributed by atoms with Crippen molar-refractivity contribution in [3.63, 3.8) is 0 Å². The van der Waals surface area contributed by atoms with Crippen LogP contribution in [0.3, 0.4) is 0 Å². The van der Waals surface area contributed by atoms with Crippen molar-refractivity contribution in [3.05, 3.63) is 90.1 Å². The molecule has 168 valence electrons. The maximum absolute atomic E-state index is 13.4. The van der Waals surface area contributed by atoms with E-state index in [4.69, 9.17) is 0 Å². The van der Waals surface area contributed by atoms with Gasteiger partial charge in [0.05, 0.1) is 23.6 Å². The minimum atomic E-state index is -0.410. The molecule has 2 aliphatic rings. The monoisotopic (exact) mass is 441 g/mol. The molecule has 1 aromatic heterocycles. The highest BCUT2D eigenvalue weighted by Crippen LogP contribution is 2.33. The van der Waals surface area contributed by atoms with Crippen molar-refractivity contribution in [2.45, 2.75) is 19.5 Å². The molecule has 0 aliphatic carbocycles. The van der Waals surface area contributed by atoms with E-state index in [2.05, 4.69) is 32.8 Å². The first-order valence-corrected chi connectivity index (χ1v) is 11.2. The van der Waals surface area contributed by atoms with Crippen LogP contribution in [0.2, 0.25) is 0 Å². The first kappa shape index (κ1) is 21.3. The number of hydrogen-bond donors (Lipinski definition) is 2. The maximum atomic E-state index is 13.4. The average Bonchev–Trinajstić information content (AvgIpc) is 3.16. The van der Waals surface area contributed by atoms with Crippen molar-refractivity contribution in [1.29, 1.82) is 0 Å². The van der Waals surface area contributed by atoms with Gasteiger partial charge in [-0.3, -0.25) is 14.5 Å². The van der Waals surface area contributed by atoms with Crippen LogP contribution in [-0.4, -0.2) is 40.8 Å². The molecular weight excluding hydrogens is 414 g/mol. The summed E-state index contributed by atoms with van der Waals surface area (Å²) in [6.45, 7) is 3.73. The first-order valence-electron chi connectivity index (χ1n) is 11.2. The molecule has 33 heavy (non-hydrogen) atoms. The first-order chi connectivity index (χ1) is 16.1. The lowest BCUT2D eigenvalue weighted by Crippen LogP contribution is -2.55. The minimum Gasteiger partial charge on any atom is -0.310 e. The summed E-state index contributed by atoms with van der Waals surface area (Å²) in [7, 11) is 0. The third kappa shape index (κ3) is 4.51. The fourth-order valence-corrected chi connectivity index (χ4v) is 4.76. The molecule has 0 saturated carbocycles. The van der Waals surface area contributed by atoms with Gasteiger partial charge < -0.3 is 5.32 Å². The highest BCUT2D eigenvalue weighted by Gasteiger charge is 2.50. The highest BCUT2D eigenvalue weighted by atomic mass is 16.2. The molecule has 2 N–H and O–H groups in total. The van der Waals surface area contributed by atoms with E-state index in [1.165, 1.54) is 0 Å². The third-order valence-electron chi connectivity index (χ3n) is 6.33. The van der Waals surface area contributed by atoms with Crippen LogP contribution in [0.25, 0.3) is 0 Å². The van der Waals surface area contributed by atoms with E-state index in [1.807, 2.05) is 67.6 Å². The summed E-state index contributed by atoms with van der Waals surface area (Å²) in [6.07, 6.45) is 0. The smallest absolute Gasteiger partial charge is 0.247 e. The summed E-state index contributed by atoms with van der Waals surface area (Å²) in [5, 5.41) is 4.58. The highest BCUT2D eigenvalue weighted by molar-refractivity contribution is 5.99. The number of carbonyl (C=O) groups is 2. The lowest BCUT2D eigenvalue weighted by Gasteiger charge is -2.38. The largest absolute Gasteiger partial charge is 0.310 e. The second-order valence-electron chi connectivity index (χ2n) is 8.71. The van der Waals surface area contributed by atoms with Crippen LogP contribution in [0.5, 0.6) is 0 Å². The number of carbonyl (C=O) groups excluding carboxylic acids is 2. The third-order valence-corrected chi connectivity index (χ3v) is 6.33. The van der Waals surface area contributed by atoms with Gasteiger partial charge in [0, 0.05) is 25.3 Å². The number of anilines is 2. The van der Waals surface area contributed by atoms with Crippen molar-refractivity contribution >= 4 is 23.3 Å². The van der Waals surface area contributed by atoms with Crippen molar-refractivity contribution < 1.29 is 9.59 Å². The van der Waals surface area contributed by atoms with E-state index in [0.29, 0.717) is 25.5 Å². The lowest BCUT2D eigenvalue weighted by molar-refractivity contribution is -0.126. The van der Waals surface area contributed by atoms with Gasteiger partial charge in [-0.2, -0.15) is 0 Å². The number of rotatable bonds is 5. The number of amides is 2. The summed E-state index contributed by atoms with van der Waals surface area (Å²) in [6, 6.07) is 24.9. The number of hydrogen-bond acceptors (Lipinski definition) is 5. The number of nitrogens with one attached hydrogen (secondary N) is 2. The number of aryl methyl sites for hydroxylation is 1. The molecule has 2 amide bonds. The van der Waals surface area contributed by atoms with Crippen molar-refractivity contribution in [3.8, 4) is 0 Å². The van der Waals surface area contributed by atoms with Gasteiger partial charge >= 0.3 is 0 Å². The Labute approximate surface area is 193 Å². The number of fused-ring (bicyclic) bond motifs is 1. The Balaban J connectivity index is 1.41. The van der Waals surface area contributed by atoms with Crippen LogP contribution in [0.4, 0.5) is 11.5 Å². The predicted octanol–water partition coefficient (Wildman–Crippen LogP) is 3.00. The summed E-state index contributed by atoms with van der Waals surface area (Å²) in [4.78, 5) is 33.4. The van der Waals surface area contributed by atoms with E-state index < -0.39 is 5.92 Å². The molecular formula is C26H27N5O2. The molecule has 7 nitrogen and oxygen atoms in total. The Hall–Kier alpha value is -3.55. The quantitative estimate of drug-likeness (QED) is 0.637. The number of aromatic nitrogens is 1. The standard InChI is InChI=1S/C26H27N5O2/c1-18-9-8-14-23(27-18)28-25(32)21-16-30(15-19-10-4-2-5-11-19)17-22-24(21)29-31(26(22)33)20-12-6-3-7-13-20/h2-14,21-22,24,29H,15-17H2,1H3,(H,27,28,32). The fraction of sp³-hybridized carbons (Fsp3) is 0.269. The zero-order valence-electron chi connectivity index (χ0n) is 18.5. The van der Waals surface area contributed by atoms with Crippen LogP contribution in [-0.2, 0) is 16.1 Å². The maximum Gasteiger partial charge on any atom is 0.247 e. The summed E-state index contributed by atoms with van der Waals surface area (Å²) in [5.41, 5.74) is 6.13. The molecule has 3 heterocycles. The lowest BCUT2D eigenvalue weighted by atomic mass is 9.83. The number of para-hydroxylation sites is 1. The van der Waals surface area contributed by atoms with Crippen molar-refractivity contribution in [1.82, 2.24) is 15.3 Å². The van der Waals surface area contributed by atoms with Gasteiger partial charge in [-0.1, -0.05) is 54.6 Å². The van der Waals surface area contributed by atoms with Crippen LogP contribution >= 0.6 is 0 Å². The molecule has 2 fully saturated rings. The molecule has 2 aliphatic heterocycles.